The van der Waals surface area contributed by atoms with Crippen LogP contribution in [0, 0.1) is 48.3 Å². The van der Waals surface area contributed by atoms with E-state index in [1.165, 1.54) is 6.92 Å². The summed E-state index contributed by atoms with van der Waals surface area (Å²) < 4.78 is 12.0. The van der Waals surface area contributed by atoms with Gasteiger partial charge in [-0.15, -0.1) is 0 Å². The second-order valence-electron chi connectivity index (χ2n) is 17.5. The minimum absolute atomic E-state index is 0.00480. The first-order valence-corrected chi connectivity index (χ1v) is 20.9. The van der Waals surface area contributed by atoms with E-state index < -0.39 is 35.5 Å². The van der Waals surface area contributed by atoms with Gasteiger partial charge in [-0.2, -0.15) is 0 Å². The van der Waals surface area contributed by atoms with E-state index in [1.54, 1.807) is 26.8 Å². The number of aliphatic hydroxyl groups excluding tert-OH is 1. The molecule has 1 saturated heterocycles. The summed E-state index contributed by atoms with van der Waals surface area (Å²) in [5, 5.41) is 43.0. The zero-order valence-electron chi connectivity index (χ0n) is 35.1. The number of anilines is 1. The molecule has 1 spiro atoms. The van der Waals surface area contributed by atoms with Crippen molar-refractivity contribution in [3.05, 3.63) is 45.6 Å². The Bertz CT molecular complexity index is 2110. The van der Waals surface area contributed by atoms with Gasteiger partial charge in [0.2, 0.25) is 0 Å². The monoisotopic (exact) mass is 786 g/mol. The Hall–Kier alpha value is -4.29. The van der Waals surface area contributed by atoms with Crippen LogP contribution in [0.4, 0.5) is 5.69 Å². The van der Waals surface area contributed by atoms with Crippen LogP contribution in [0.25, 0.3) is 10.8 Å². The van der Waals surface area contributed by atoms with E-state index in [2.05, 4.69) is 17.6 Å². The zero-order chi connectivity index (χ0) is 41.5. The largest absolute Gasteiger partial charge is 0.507 e. The van der Waals surface area contributed by atoms with Crippen LogP contribution in [0.3, 0.4) is 0 Å². The predicted molar refractivity (Wildman–Crippen MR) is 219 cm³/mol. The van der Waals surface area contributed by atoms with E-state index in [-0.39, 0.29) is 98.8 Å². The first-order valence-electron chi connectivity index (χ1n) is 20.9. The van der Waals surface area contributed by atoms with Gasteiger partial charge in [-0.05, 0) is 83.1 Å². The number of Topliss-reactive ketones (excluding diaryl/α,β-unsaturated/α-hetero) is 1. The minimum atomic E-state index is -0.922. The molecule has 3 heterocycles. The lowest BCUT2D eigenvalue weighted by Crippen LogP contribution is -2.54. The SMILES string of the molecule is CCOc1c(C)c(O)c2c(O)c3c4c(c2c1C(=O)CCC[C@@H](C)[C@@H](OC(C)=O)[C@H](C)[C@H](O)[C@H](C)C[C@@H](C)/C=C/C=C(/C)C(=O)N3)=N[C@]1(N=4)C(C)CC2CNCC1C2. The Balaban J connectivity index is 1.59. The lowest BCUT2D eigenvalue weighted by atomic mass is 9.66. The second-order valence-corrected chi connectivity index (χ2v) is 17.5. The Kier molecular flexibility index (Phi) is 12.5. The van der Waals surface area contributed by atoms with Crippen LogP contribution in [0.5, 0.6) is 17.2 Å². The number of esters is 1. The fraction of sp³-hybridized carbons (Fsp3) is 0.622. The summed E-state index contributed by atoms with van der Waals surface area (Å²) in [6.45, 7) is 18.4. The van der Waals surface area contributed by atoms with Gasteiger partial charge in [-0.25, -0.2) is 0 Å². The van der Waals surface area contributed by atoms with Gasteiger partial charge < -0.3 is 35.4 Å². The average molecular weight is 787 g/mol. The number of hydrogen-bond acceptors (Lipinski definition) is 11. The van der Waals surface area contributed by atoms with E-state index in [1.807, 2.05) is 39.8 Å². The van der Waals surface area contributed by atoms with Crippen molar-refractivity contribution in [2.24, 2.45) is 51.4 Å². The van der Waals surface area contributed by atoms with Crippen LogP contribution in [0.1, 0.15) is 110 Å². The molecular formula is C45H62N4O8. The number of aromatic hydroxyl groups is 2. The summed E-state index contributed by atoms with van der Waals surface area (Å²) in [6.07, 6.45) is 7.64. The van der Waals surface area contributed by atoms with Crippen LogP contribution in [-0.2, 0) is 14.3 Å². The fourth-order valence-electron chi connectivity index (χ4n) is 10.1. The molecule has 310 valence electrons. The quantitative estimate of drug-likeness (QED) is 0.179. The van der Waals surface area contributed by atoms with Crippen molar-refractivity contribution in [1.82, 2.24) is 5.32 Å². The molecule has 10 atom stereocenters. The third-order valence-electron chi connectivity index (χ3n) is 13.1. The second kappa shape index (κ2) is 16.9. The number of carbonyl (C=O) groups is 3. The number of rotatable bonds is 3. The number of nitrogens with zero attached hydrogens (tertiary/aromatic N) is 2. The van der Waals surface area contributed by atoms with Gasteiger partial charge in [0, 0.05) is 54.2 Å². The molecule has 1 saturated carbocycles. The van der Waals surface area contributed by atoms with Crippen molar-refractivity contribution < 1.29 is 39.2 Å². The van der Waals surface area contributed by atoms with Crippen molar-refractivity contribution in [3.8, 4) is 17.2 Å². The van der Waals surface area contributed by atoms with Gasteiger partial charge in [0.15, 0.2) is 17.2 Å². The van der Waals surface area contributed by atoms with Gasteiger partial charge >= 0.3 is 5.97 Å². The number of amides is 1. The van der Waals surface area contributed by atoms with Crippen LogP contribution >= 0.6 is 0 Å². The number of hydrogen-bond donors (Lipinski definition) is 5. The number of carbonyl (C=O) groups excluding carboxylic acids is 3. The Morgan fingerprint density at radius 3 is 2.39 bits per heavy atom. The van der Waals surface area contributed by atoms with E-state index in [0.29, 0.717) is 42.7 Å². The zero-order valence-corrected chi connectivity index (χ0v) is 35.1. The van der Waals surface area contributed by atoms with Gasteiger partial charge in [-0.3, -0.25) is 24.4 Å². The third kappa shape index (κ3) is 7.96. The lowest BCUT2D eigenvalue weighted by Gasteiger charge is -2.48. The number of ketones is 1. The molecule has 57 heavy (non-hydrogen) atoms. The van der Waals surface area contributed by atoms with Crippen molar-refractivity contribution in [2.75, 3.05) is 25.0 Å². The molecule has 4 aliphatic rings. The van der Waals surface area contributed by atoms with Crippen molar-refractivity contribution >= 4 is 34.1 Å². The highest BCUT2D eigenvalue weighted by Crippen LogP contribution is 2.49. The summed E-state index contributed by atoms with van der Waals surface area (Å²) in [7, 11) is 0. The number of phenols is 2. The summed E-state index contributed by atoms with van der Waals surface area (Å²) in [6, 6.07) is 0. The molecule has 2 fully saturated rings. The standard InChI is InChI=1S/C45H62N4O8/c1-10-56-43-28(8)40(53)35-34-33(43)32(51)16-12-14-23(3)42(57-29(9)50)27(7)39(52)25(5)17-22(2)13-11-15-24(4)44(55)47-38(41(35)54)37-36(34)48-45(49-37)26(6)18-30-19-31(45)21-46-20-30/h11,13,15,22-23,25-27,30-31,39,42,46,52-54H,10,12,14,16-21H2,1-9H3,(H,47,55)/b13-11+,24-15-/t22-,23+,25+,26?,27+,30?,31?,39+,42+,45-/m0/s1. The molecule has 3 unspecified atom stereocenters. The molecule has 1 aliphatic carbocycles. The number of fused-ring (bicyclic) bond motifs is 3. The summed E-state index contributed by atoms with van der Waals surface area (Å²) >= 11 is 0. The molecule has 2 aromatic rings. The normalized spacial score (nSPS) is 33.9. The van der Waals surface area contributed by atoms with Crippen LogP contribution in [0.2, 0.25) is 0 Å². The molecule has 12 heteroatoms. The highest BCUT2D eigenvalue weighted by Gasteiger charge is 2.52. The maximum Gasteiger partial charge on any atom is 0.302 e. The Morgan fingerprint density at radius 1 is 0.965 bits per heavy atom. The minimum Gasteiger partial charge on any atom is -0.507 e. The van der Waals surface area contributed by atoms with Gasteiger partial charge in [0.05, 0.1) is 29.0 Å². The van der Waals surface area contributed by atoms with Crippen molar-refractivity contribution in [1.29, 1.82) is 0 Å². The molecule has 4 bridgehead atoms. The number of ether oxygens (including phenoxy) is 2. The topological polar surface area (TPSA) is 179 Å². The van der Waals surface area contributed by atoms with Crippen molar-refractivity contribution in [2.45, 2.75) is 119 Å². The number of piperidine rings is 1. The average Bonchev–Trinajstić information content (AvgIpc) is 3.57. The maximum absolute atomic E-state index is 14.8. The van der Waals surface area contributed by atoms with E-state index in [4.69, 9.17) is 19.5 Å². The molecule has 2 aromatic carbocycles. The first-order chi connectivity index (χ1) is 27.0. The molecule has 5 N–H and O–H groups in total. The van der Waals surface area contributed by atoms with E-state index >= 15 is 0 Å². The van der Waals surface area contributed by atoms with E-state index in [0.717, 1.165) is 19.4 Å². The summed E-state index contributed by atoms with van der Waals surface area (Å²) in [4.78, 5) is 51.8. The maximum atomic E-state index is 14.8. The Morgan fingerprint density at radius 2 is 1.68 bits per heavy atom. The summed E-state index contributed by atoms with van der Waals surface area (Å²) in [5.41, 5.74) is -0.0424. The lowest BCUT2D eigenvalue weighted by molar-refractivity contribution is -0.156. The van der Waals surface area contributed by atoms with Crippen LogP contribution in [0.15, 0.2) is 33.8 Å². The molecular weight excluding hydrogens is 725 g/mol. The highest BCUT2D eigenvalue weighted by molar-refractivity contribution is 6.16. The number of benzene rings is 2. The molecule has 6 rings (SSSR count). The van der Waals surface area contributed by atoms with E-state index in [9.17, 15) is 29.7 Å². The van der Waals surface area contributed by atoms with Gasteiger partial charge in [0.1, 0.15) is 28.6 Å². The summed E-state index contributed by atoms with van der Waals surface area (Å²) in [5.74, 6) is -1.73. The van der Waals surface area contributed by atoms with Gasteiger partial charge in [-0.1, -0.05) is 52.8 Å². The van der Waals surface area contributed by atoms with Gasteiger partial charge in [0.25, 0.3) is 5.91 Å². The molecule has 0 radical (unpaired) electrons. The predicted octanol–water partition coefficient (Wildman–Crippen LogP) is 6.21. The number of aliphatic hydroxyl groups is 1. The fourth-order valence-corrected chi connectivity index (χ4v) is 10.1. The Labute approximate surface area is 335 Å². The van der Waals surface area contributed by atoms with Crippen molar-refractivity contribution in [3.63, 3.8) is 0 Å². The molecule has 1 amide bonds. The highest BCUT2D eigenvalue weighted by atomic mass is 16.5. The smallest absolute Gasteiger partial charge is 0.302 e. The first kappa shape index (κ1) is 42.3. The molecule has 12 nitrogen and oxygen atoms in total. The number of nitrogens with one attached hydrogen (secondary N) is 2. The molecule has 3 aliphatic heterocycles. The van der Waals surface area contributed by atoms with Crippen LogP contribution in [-0.4, -0.2) is 70.5 Å². The van der Waals surface area contributed by atoms with Crippen LogP contribution < -0.4 is 26.1 Å². The number of allylic oxidation sites excluding steroid dienone is 3. The third-order valence-corrected chi connectivity index (χ3v) is 13.1. The number of phenolic OH excluding ortho intramolecular Hbond substituents is 2. The molecule has 0 aromatic heterocycles.